The topological polar surface area (TPSA) is 63.5 Å². The van der Waals surface area contributed by atoms with Crippen molar-refractivity contribution in [2.45, 2.75) is 19.1 Å². The predicted molar refractivity (Wildman–Crippen MR) is 98.9 cm³/mol. The van der Waals surface area contributed by atoms with E-state index in [4.69, 9.17) is 4.74 Å². The summed E-state index contributed by atoms with van der Waals surface area (Å²) in [5.41, 5.74) is 2.48. The molecule has 4 rings (SSSR count). The Morgan fingerprint density at radius 1 is 1.37 bits per heavy atom. The van der Waals surface area contributed by atoms with Gasteiger partial charge < -0.3 is 15.4 Å². The van der Waals surface area contributed by atoms with Gasteiger partial charge in [0.25, 0.3) is 0 Å². The molecule has 0 fully saturated rings. The summed E-state index contributed by atoms with van der Waals surface area (Å²) in [7, 11) is 0. The summed E-state index contributed by atoms with van der Waals surface area (Å²) >= 11 is 0. The quantitative estimate of drug-likeness (QED) is 0.687. The van der Waals surface area contributed by atoms with Gasteiger partial charge in [-0.3, -0.25) is 0 Å². The lowest BCUT2D eigenvalue weighted by Crippen LogP contribution is -2.32. The van der Waals surface area contributed by atoms with Crippen LogP contribution in [0.5, 0.6) is 5.75 Å². The lowest BCUT2D eigenvalue weighted by atomic mass is 10.1. The van der Waals surface area contributed by atoms with Gasteiger partial charge in [-0.1, -0.05) is 6.58 Å². The van der Waals surface area contributed by atoms with Crippen molar-refractivity contribution in [3.63, 3.8) is 0 Å². The number of benzene rings is 1. The second kappa shape index (κ2) is 6.86. The fraction of sp³-hybridized carbons (Fsp3) is 0.263. The van der Waals surface area contributed by atoms with Crippen LogP contribution in [0.25, 0.3) is 11.3 Å². The molecule has 6 nitrogen and oxygen atoms in total. The normalized spacial score (nSPS) is 19.9. The fourth-order valence-electron chi connectivity index (χ4n) is 3.07. The van der Waals surface area contributed by atoms with Gasteiger partial charge in [-0.2, -0.15) is 5.10 Å². The summed E-state index contributed by atoms with van der Waals surface area (Å²) in [4.78, 5) is 4.60. The second-order valence-corrected chi connectivity index (χ2v) is 6.44. The van der Waals surface area contributed by atoms with E-state index in [2.05, 4.69) is 27.3 Å². The van der Waals surface area contributed by atoms with E-state index in [1.54, 1.807) is 23.0 Å². The molecule has 2 bridgehead atoms. The molecule has 1 aliphatic rings. The standard InChI is InChI=1S/C19H19F2N5O/c1-11-16-10-23-26-6-5-18(25-19(16)26)24-12(2)15-7-13(21)3-4-17(15)27-14(8-20)9-22-11/h3-7,10,12,14,22H,1,8-9H2,2H3,(H,24,25)/t12-,14-/m1/s1. The molecule has 0 saturated heterocycles. The Kier molecular flexibility index (Phi) is 4.39. The Morgan fingerprint density at radius 2 is 2.22 bits per heavy atom. The number of aromatic nitrogens is 3. The van der Waals surface area contributed by atoms with Gasteiger partial charge in [0.05, 0.1) is 24.3 Å². The van der Waals surface area contributed by atoms with Crippen LogP contribution in [0, 0.1) is 5.82 Å². The Hall–Kier alpha value is -3.16. The van der Waals surface area contributed by atoms with Crippen LogP contribution >= 0.6 is 0 Å². The number of fused-ring (bicyclic) bond motifs is 2. The third-order valence-corrected chi connectivity index (χ3v) is 4.51. The lowest BCUT2D eigenvalue weighted by molar-refractivity contribution is 0.164. The van der Waals surface area contributed by atoms with E-state index in [-0.39, 0.29) is 18.4 Å². The number of hydrogen-bond donors (Lipinski definition) is 2. The second-order valence-electron chi connectivity index (χ2n) is 6.44. The van der Waals surface area contributed by atoms with Gasteiger partial charge in [-0.15, -0.1) is 0 Å². The summed E-state index contributed by atoms with van der Waals surface area (Å²) in [6.07, 6.45) is 2.68. The summed E-state index contributed by atoms with van der Waals surface area (Å²) in [5.74, 6) is 0.635. The molecule has 2 N–H and O–H groups in total. The summed E-state index contributed by atoms with van der Waals surface area (Å²) in [5, 5.41) is 10.6. The molecular formula is C19H19F2N5O. The highest BCUT2D eigenvalue weighted by atomic mass is 19.1. The monoisotopic (exact) mass is 371 g/mol. The van der Waals surface area contributed by atoms with Gasteiger partial charge in [0.2, 0.25) is 0 Å². The summed E-state index contributed by atoms with van der Waals surface area (Å²) < 4.78 is 34.8. The van der Waals surface area contributed by atoms with Crippen molar-refractivity contribution in [2.75, 3.05) is 18.5 Å². The van der Waals surface area contributed by atoms with Gasteiger partial charge in [-0.25, -0.2) is 18.3 Å². The highest BCUT2D eigenvalue weighted by Gasteiger charge is 2.20. The van der Waals surface area contributed by atoms with Crippen LogP contribution in [0.3, 0.4) is 0 Å². The number of rotatable bonds is 1. The van der Waals surface area contributed by atoms with E-state index in [1.165, 1.54) is 18.2 Å². The lowest BCUT2D eigenvalue weighted by Gasteiger charge is -2.22. The van der Waals surface area contributed by atoms with Gasteiger partial charge in [0.1, 0.15) is 30.2 Å². The summed E-state index contributed by atoms with van der Waals surface area (Å²) in [6, 6.07) is 5.67. The fourth-order valence-corrected chi connectivity index (χ4v) is 3.07. The van der Waals surface area contributed by atoms with E-state index >= 15 is 0 Å². The van der Waals surface area contributed by atoms with Gasteiger partial charge in [0.15, 0.2) is 5.65 Å². The Bertz CT molecular complexity index is 1000. The first-order valence-corrected chi connectivity index (χ1v) is 8.61. The molecule has 27 heavy (non-hydrogen) atoms. The molecule has 0 amide bonds. The maximum atomic E-state index is 13.8. The van der Waals surface area contributed by atoms with E-state index in [0.717, 1.165) is 0 Å². The molecular weight excluding hydrogens is 352 g/mol. The number of ether oxygens (including phenoxy) is 1. The van der Waals surface area contributed by atoms with E-state index in [1.807, 2.05) is 6.92 Å². The van der Waals surface area contributed by atoms with Crippen LogP contribution in [0.1, 0.15) is 24.1 Å². The Morgan fingerprint density at radius 3 is 3.04 bits per heavy atom. The number of halogens is 2. The zero-order valence-corrected chi connectivity index (χ0v) is 14.7. The van der Waals surface area contributed by atoms with E-state index < -0.39 is 12.8 Å². The minimum absolute atomic E-state index is 0.199. The number of nitrogens with one attached hydrogen (secondary N) is 2. The van der Waals surface area contributed by atoms with Gasteiger partial charge in [-0.05, 0) is 31.2 Å². The molecule has 0 spiro atoms. The van der Waals surface area contributed by atoms with Crippen LogP contribution in [0.2, 0.25) is 0 Å². The molecule has 2 atom stereocenters. The molecule has 2 aromatic heterocycles. The number of alkyl halides is 1. The largest absolute Gasteiger partial charge is 0.485 e. The SMILES string of the molecule is C=C1NC[C@@H](CF)Oc2ccc(F)cc2[C@@H](C)Nc2ccn3ncc1c3n2. The van der Waals surface area contributed by atoms with Crippen LogP contribution in [-0.4, -0.2) is 33.9 Å². The average molecular weight is 371 g/mol. The van der Waals surface area contributed by atoms with Crippen LogP contribution in [-0.2, 0) is 0 Å². The predicted octanol–water partition coefficient (Wildman–Crippen LogP) is 3.33. The molecule has 1 aliphatic heterocycles. The molecule has 0 unspecified atom stereocenters. The van der Waals surface area contributed by atoms with Gasteiger partial charge in [0, 0.05) is 17.5 Å². The van der Waals surface area contributed by atoms with Crippen molar-refractivity contribution in [1.29, 1.82) is 0 Å². The number of nitrogens with zero attached hydrogens (tertiary/aromatic N) is 3. The van der Waals surface area contributed by atoms with Crippen LogP contribution in [0.4, 0.5) is 14.6 Å². The van der Waals surface area contributed by atoms with Gasteiger partial charge >= 0.3 is 0 Å². The average Bonchev–Trinajstić information content (AvgIpc) is 3.08. The molecule has 0 radical (unpaired) electrons. The maximum Gasteiger partial charge on any atom is 0.166 e. The van der Waals surface area contributed by atoms with Crippen molar-refractivity contribution in [1.82, 2.24) is 19.9 Å². The number of anilines is 1. The first-order chi connectivity index (χ1) is 13.0. The zero-order chi connectivity index (χ0) is 19.0. The maximum absolute atomic E-state index is 13.8. The van der Waals surface area contributed by atoms with E-state index in [0.29, 0.717) is 34.0 Å². The zero-order valence-electron chi connectivity index (χ0n) is 14.7. The highest BCUT2D eigenvalue weighted by molar-refractivity contribution is 5.73. The first-order valence-electron chi connectivity index (χ1n) is 8.61. The number of hydrogen-bond acceptors (Lipinski definition) is 5. The van der Waals surface area contributed by atoms with E-state index in [9.17, 15) is 8.78 Å². The van der Waals surface area contributed by atoms with Crippen molar-refractivity contribution >= 4 is 17.2 Å². The summed E-state index contributed by atoms with van der Waals surface area (Å²) in [6.45, 7) is 5.37. The molecule has 3 aromatic rings. The van der Waals surface area contributed by atoms with Crippen molar-refractivity contribution in [3.05, 3.63) is 60.2 Å². The molecule has 3 heterocycles. The van der Waals surface area contributed by atoms with Crippen molar-refractivity contribution in [3.8, 4) is 5.75 Å². The molecule has 8 heteroatoms. The third-order valence-electron chi connectivity index (χ3n) is 4.51. The minimum Gasteiger partial charge on any atom is -0.485 e. The molecule has 140 valence electrons. The Labute approximate surface area is 154 Å². The molecule has 1 aromatic carbocycles. The van der Waals surface area contributed by atoms with Crippen LogP contribution in [0.15, 0.2) is 43.2 Å². The van der Waals surface area contributed by atoms with Crippen molar-refractivity contribution < 1.29 is 13.5 Å². The van der Waals surface area contributed by atoms with Crippen molar-refractivity contribution in [2.24, 2.45) is 0 Å². The van der Waals surface area contributed by atoms with Crippen LogP contribution < -0.4 is 15.4 Å². The third kappa shape index (κ3) is 3.30. The Balaban J connectivity index is 1.82. The minimum atomic E-state index is -0.749. The smallest absolute Gasteiger partial charge is 0.166 e. The molecule has 0 aliphatic carbocycles. The highest BCUT2D eigenvalue weighted by Crippen LogP contribution is 2.30. The molecule has 0 saturated carbocycles. The first kappa shape index (κ1) is 17.3.